The maximum Gasteiger partial charge on any atom is 0.162 e. The number of carbonyl (C=O) groups excluding carboxylic acids is 1. The number of rotatable bonds is 7. The van der Waals surface area contributed by atoms with Gasteiger partial charge >= 0.3 is 0 Å². The molecular formula is C24H23N3O3S. The standard InChI is InChI=1S/C24H23N3O3S/c1-14(22-9-10-23(31-22)17-8-6-5-7-16(17)13-28)25-24-18-11-20(29-3)21(30-4)12-19(18)26-15(2)27-24/h5-14H,1-4H3,(H,25,26,27). The van der Waals surface area contributed by atoms with Crippen LogP contribution in [0.25, 0.3) is 21.3 Å². The molecule has 6 nitrogen and oxygen atoms in total. The van der Waals surface area contributed by atoms with E-state index in [0.29, 0.717) is 22.9 Å². The number of ether oxygens (including phenoxy) is 2. The number of methoxy groups -OCH3 is 2. The van der Waals surface area contributed by atoms with Crippen LogP contribution >= 0.6 is 11.3 Å². The van der Waals surface area contributed by atoms with Gasteiger partial charge < -0.3 is 14.8 Å². The molecule has 158 valence electrons. The smallest absolute Gasteiger partial charge is 0.162 e. The van der Waals surface area contributed by atoms with E-state index in [2.05, 4.69) is 34.3 Å². The zero-order valence-electron chi connectivity index (χ0n) is 17.8. The van der Waals surface area contributed by atoms with Crippen molar-refractivity contribution in [3.05, 3.63) is 64.8 Å². The highest BCUT2D eigenvalue weighted by Gasteiger charge is 2.16. The van der Waals surface area contributed by atoms with E-state index >= 15 is 0 Å². The molecule has 0 fully saturated rings. The number of thiophene rings is 1. The van der Waals surface area contributed by atoms with E-state index in [0.717, 1.165) is 38.3 Å². The lowest BCUT2D eigenvalue weighted by Gasteiger charge is -2.16. The largest absolute Gasteiger partial charge is 0.493 e. The van der Waals surface area contributed by atoms with E-state index in [4.69, 9.17) is 9.47 Å². The van der Waals surface area contributed by atoms with E-state index in [1.807, 2.05) is 43.3 Å². The van der Waals surface area contributed by atoms with Crippen LogP contribution in [-0.2, 0) is 0 Å². The SMILES string of the molecule is COc1cc2nc(C)nc(NC(C)c3ccc(-c4ccccc4C=O)s3)c2cc1OC. The van der Waals surface area contributed by atoms with Gasteiger partial charge in [0.1, 0.15) is 11.6 Å². The van der Waals surface area contributed by atoms with E-state index in [9.17, 15) is 4.79 Å². The van der Waals surface area contributed by atoms with E-state index in [1.165, 1.54) is 0 Å². The molecule has 0 radical (unpaired) electrons. The number of aromatic nitrogens is 2. The molecule has 0 spiro atoms. The van der Waals surface area contributed by atoms with Crippen LogP contribution in [0.2, 0.25) is 0 Å². The van der Waals surface area contributed by atoms with Gasteiger partial charge in [0.2, 0.25) is 0 Å². The molecule has 4 rings (SSSR count). The Balaban J connectivity index is 1.68. The average molecular weight is 434 g/mol. The highest BCUT2D eigenvalue weighted by atomic mass is 32.1. The molecule has 1 N–H and O–H groups in total. The molecule has 0 aliphatic rings. The molecule has 0 aliphatic carbocycles. The molecule has 2 heterocycles. The molecular weight excluding hydrogens is 410 g/mol. The van der Waals surface area contributed by atoms with Crippen LogP contribution in [0.15, 0.2) is 48.5 Å². The van der Waals surface area contributed by atoms with Crippen LogP contribution in [0.5, 0.6) is 11.5 Å². The molecule has 0 saturated heterocycles. The Morgan fingerprint density at radius 1 is 1.03 bits per heavy atom. The van der Waals surface area contributed by atoms with Crippen molar-refractivity contribution in [1.82, 2.24) is 9.97 Å². The number of aryl methyl sites for hydroxylation is 1. The number of carbonyl (C=O) groups is 1. The number of fused-ring (bicyclic) bond motifs is 1. The maximum atomic E-state index is 11.4. The van der Waals surface area contributed by atoms with Crippen LogP contribution in [-0.4, -0.2) is 30.5 Å². The number of hydrogen-bond acceptors (Lipinski definition) is 7. The van der Waals surface area contributed by atoms with Crippen molar-refractivity contribution in [2.75, 3.05) is 19.5 Å². The van der Waals surface area contributed by atoms with Gasteiger partial charge in [0.25, 0.3) is 0 Å². The minimum absolute atomic E-state index is 0.00717. The minimum Gasteiger partial charge on any atom is -0.493 e. The van der Waals surface area contributed by atoms with Crippen molar-refractivity contribution in [1.29, 1.82) is 0 Å². The van der Waals surface area contributed by atoms with E-state index in [1.54, 1.807) is 25.6 Å². The zero-order chi connectivity index (χ0) is 22.0. The van der Waals surface area contributed by atoms with Gasteiger partial charge in [-0.2, -0.15) is 0 Å². The Morgan fingerprint density at radius 3 is 2.52 bits per heavy atom. The van der Waals surface area contributed by atoms with E-state index in [-0.39, 0.29) is 6.04 Å². The Bertz CT molecular complexity index is 1250. The van der Waals surface area contributed by atoms with E-state index < -0.39 is 0 Å². The first-order valence-electron chi connectivity index (χ1n) is 9.85. The average Bonchev–Trinajstić information content (AvgIpc) is 3.28. The third-order valence-electron chi connectivity index (χ3n) is 5.07. The molecule has 31 heavy (non-hydrogen) atoms. The third-order valence-corrected chi connectivity index (χ3v) is 6.37. The Morgan fingerprint density at radius 2 is 1.77 bits per heavy atom. The molecule has 1 unspecified atom stereocenters. The summed E-state index contributed by atoms with van der Waals surface area (Å²) >= 11 is 1.66. The summed E-state index contributed by atoms with van der Waals surface area (Å²) in [6, 6.07) is 15.5. The van der Waals surface area contributed by atoms with Crippen LogP contribution in [0, 0.1) is 6.92 Å². The van der Waals surface area contributed by atoms with Crippen molar-refractivity contribution >= 4 is 34.3 Å². The lowest BCUT2D eigenvalue weighted by Crippen LogP contribution is -2.08. The highest BCUT2D eigenvalue weighted by molar-refractivity contribution is 7.15. The van der Waals surface area contributed by atoms with Gasteiger partial charge in [-0.25, -0.2) is 9.97 Å². The van der Waals surface area contributed by atoms with Crippen molar-refractivity contribution in [2.24, 2.45) is 0 Å². The van der Waals surface area contributed by atoms with Gasteiger partial charge in [0.15, 0.2) is 17.8 Å². The summed E-state index contributed by atoms with van der Waals surface area (Å²) in [5, 5.41) is 4.38. The van der Waals surface area contributed by atoms with Crippen molar-refractivity contribution < 1.29 is 14.3 Å². The number of hydrogen-bond donors (Lipinski definition) is 1. The molecule has 0 amide bonds. The normalized spacial score (nSPS) is 11.9. The number of anilines is 1. The topological polar surface area (TPSA) is 73.3 Å². The number of nitrogens with zero attached hydrogens (tertiary/aromatic N) is 2. The summed E-state index contributed by atoms with van der Waals surface area (Å²) in [4.78, 5) is 22.8. The number of aldehydes is 1. The summed E-state index contributed by atoms with van der Waals surface area (Å²) in [7, 11) is 3.22. The quantitative estimate of drug-likeness (QED) is 0.379. The Hall–Kier alpha value is -3.45. The molecule has 0 bridgehead atoms. The first-order valence-corrected chi connectivity index (χ1v) is 10.7. The highest BCUT2D eigenvalue weighted by Crippen LogP contribution is 2.37. The fourth-order valence-corrected chi connectivity index (χ4v) is 4.57. The molecule has 2 aromatic heterocycles. The Labute approximate surface area is 184 Å². The molecule has 0 aliphatic heterocycles. The van der Waals surface area contributed by atoms with Crippen molar-refractivity contribution in [3.8, 4) is 21.9 Å². The van der Waals surface area contributed by atoms with Crippen molar-refractivity contribution in [2.45, 2.75) is 19.9 Å². The van der Waals surface area contributed by atoms with Gasteiger partial charge in [-0.3, -0.25) is 4.79 Å². The fraction of sp³-hybridized carbons (Fsp3) is 0.208. The molecule has 2 aromatic carbocycles. The lowest BCUT2D eigenvalue weighted by atomic mass is 10.1. The minimum atomic E-state index is 0.00717. The van der Waals surface area contributed by atoms with Gasteiger partial charge in [0.05, 0.1) is 25.8 Å². The van der Waals surface area contributed by atoms with Gasteiger partial charge in [-0.05, 0) is 32.0 Å². The molecule has 4 aromatic rings. The predicted octanol–water partition coefficient (Wildman–Crippen LogP) is 5.67. The summed E-state index contributed by atoms with van der Waals surface area (Å²) in [6.07, 6.45) is 0.897. The third kappa shape index (κ3) is 4.09. The summed E-state index contributed by atoms with van der Waals surface area (Å²) in [5.41, 5.74) is 2.42. The van der Waals surface area contributed by atoms with Gasteiger partial charge in [-0.1, -0.05) is 24.3 Å². The second-order valence-electron chi connectivity index (χ2n) is 7.12. The van der Waals surface area contributed by atoms with Crippen LogP contribution < -0.4 is 14.8 Å². The molecule has 7 heteroatoms. The Kier molecular flexibility index (Phi) is 5.86. The second kappa shape index (κ2) is 8.73. The molecule has 0 saturated carbocycles. The monoisotopic (exact) mass is 433 g/mol. The predicted molar refractivity (Wildman–Crippen MR) is 125 cm³/mol. The van der Waals surface area contributed by atoms with Gasteiger partial charge in [0, 0.05) is 32.3 Å². The first-order chi connectivity index (χ1) is 15.0. The van der Waals surface area contributed by atoms with Crippen LogP contribution in [0.1, 0.15) is 34.0 Å². The zero-order valence-corrected chi connectivity index (χ0v) is 18.6. The number of benzene rings is 2. The number of nitrogens with one attached hydrogen (secondary N) is 1. The summed E-state index contributed by atoms with van der Waals surface area (Å²) < 4.78 is 10.9. The molecule has 1 atom stereocenters. The maximum absolute atomic E-state index is 11.4. The van der Waals surface area contributed by atoms with Crippen molar-refractivity contribution in [3.63, 3.8) is 0 Å². The lowest BCUT2D eigenvalue weighted by molar-refractivity contribution is 0.112. The summed E-state index contributed by atoms with van der Waals surface area (Å²) in [5.74, 6) is 2.66. The second-order valence-corrected chi connectivity index (χ2v) is 8.23. The van der Waals surface area contributed by atoms with Gasteiger partial charge in [-0.15, -0.1) is 11.3 Å². The fourth-order valence-electron chi connectivity index (χ4n) is 3.51. The first kappa shape index (κ1) is 20.8. The summed E-state index contributed by atoms with van der Waals surface area (Å²) in [6.45, 7) is 3.96. The van der Waals surface area contributed by atoms with Crippen LogP contribution in [0.3, 0.4) is 0 Å². The van der Waals surface area contributed by atoms with Crippen LogP contribution in [0.4, 0.5) is 5.82 Å².